The Labute approximate surface area is 121 Å². The van der Waals surface area contributed by atoms with Gasteiger partial charge in [-0.05, 0) is 43.7 Å². The normalized spacial score (nSPS) is 18.4. The van der Waals surface area contributed by atoms with Gasteiger partial charge >= 0.3 is 0 Å². The van der Waals surface area contributed by atoms with E-state index in [0.29, 0.717) is 11.4 Å². The van der Waals surface area contributed by atoms with E-state index in [1.807, 2.05) is 12.1 Å². The second-order valence-corrected chi connectivity index (χ2v) is 6.09. The van der Waals surface area contributed by atoms with Crippen LogP contribution in [0.25, 0.3) is 0 Å². The van der Waals surface area contributed by atoms with Gasteiger partial charge in [0.2, 0.25) is 0 Å². The van der Waals surface area contributed by atoms with Crippen molar-refractivity contribution in [1.82, 2.24) is 0 Å². The van der Waals surface area contributed by atoms with Gasteiger partial charge in [-0.25, -0.2) is 0 Å². The number of hydrogen-bond acceptors (Lipinski definition) is 3. The van der Waals surface area contributed by atoms with Crippen molar-refractivity contribution in [3.05, 3.63) is 33.9 Å². The zero-order chi connectivity index (χ0) is 13.4. The molecule has 5 heteroatoms. The predicted molar refractivity (Wildman–Crippen MR) is 78.8 cm³/mol. The third kappa shape index (κ3) is 2.91. The summed E-state index contributed by atoms with van der Waals surface area (Å²) in [6.45, 7) is 1.12. The van der Waals surface area contributed by atoms with Crippen LogP contribution in [-0.4, -0.2) is 17.5 Å². The summed E-state index contributed by atoms with van der Waals surface area (Å²) in [5.41, 5.74) is 2.13. The minimum atomic E-state index is -0.303. The molecular weight excluding hydrogens is 308 g/mol. The number of nitro groups is 1. The molecule has 0 atom stereocenters. The van der Waals surface area contributed by atoms with Crippen LogP contribution < -0.4 is 4.90 Å². The summed E-state index contributed by atoms with van der Waals surface area (Å²) in [7, 11) is 0. The van der Waals surface area contributed by atoms with Gasteiger partial charge in [-0.15, -0.1) is 0 Å². The molecule has 0 aromatic heterocycles. The summed E-state index contributed by atoms with van der Waals surface area (Å²) < 4.78 is 0. The number of rotatable bonds is 6. The van der Waals surface area contributed by atoms with E-state index >= 15 is 0 Å². The van der Waals surface area contributed by atoms with Gasteiger partial charge in [-0.3, -0.25) is 10.1 Å². The van der Waals surface area contributed by atoms with E-state index < -0.39 is 0 Å². The molecule has 0 spiro atoms. The fraction of sp³-hybridized carbons (Fsp3) is 0.571. The molecule has 0 heterocycles. The molecule has 4 nitrogen and oxygen atoms in total. The van der Waals surface area contributed by atoms with Crippen LogP contribution in [0.2, 0.25) is 0 Å². The lowest BCUT2D eigenvalue weighted by Gasteiger charge is -2.25. The molecule has 3 rings (SSSR count). The minimum Gasteiger partial charge on any atom is -0.368 e. The first-order valence-corrected chi connectivity index (χ1v) is 7.91. The van der Waals surface area contributed by atoms with Crippen molar-refractivity contribution in [3.63, 3.8) is 0 Å². The van der Waals surface area contributed by atoms with Gasteiger partial charge in [0.1, 0.15) is 0 Å². The van der Waals surface area contributed by atoms with E-state index in [4.69, 9.17) is 0 Å². The maximum Gasteiger partial charge on any atom is 0.273 e. The highest BCUT2D eigenvalue weighted by molar-refractivity contribution is 9.08. The molecule has 19 heavy (non-hydrogen) atoms. The third-order valence-corrected chi connectivity index (χ3v) is 4.48. The van der Waals surface area contributed by atoms with Crippen LogP contribution >= 0.6 is 15.9 Å². The topological polar surface area (TPSA) is 46.4 Å². The van der Waals surface area contributed by atoms with Gasteiger partial charge in [0.25, 0.3) is 5.69 Å². The van der Waals surface area contributed by atoms with Gasteiger partial charge in [0.05, 0.1) is 4.92 Å². The van der Waals surface area contributed by atoms with E-state index in [0.717, 1.165) is 23.7 Å². The summed E-state index contributed by atoms with van der Waals surface area (Å²) in [4.78, 5) is 13.1. The molecule has 1 aromatic carbocycles. The van der Waals surface area contributed by atoms with Crippen LogP contribution in [-0.2, 0) is 5.33 Å². The Balaban J connectivity index is 1.87. The molecule has 2 fully saturated rings. The standard InChI is InChI=1S/C14H17BrN2O2/c15-8-11-7-13(5-6-14(11)17(18)19)16(12-3-4-12)9-10-1-2-10/h5-7,10,12H,1-4,8-9H2. The minimum absolute atomic E-state index is 0.211. The van der Waals surface area contributed by atoms with Crippen molar-refractivity contribution in [3.8, 4) is 0 Å². The van der Waals surface area contributed by atoms with Crippen molar-refractivity contribution in [2.45, 2.75) is 37.1 Å². The largest absolute Gasteiger partial charge is 0.368 e. The summed E-state index contributed by atoms with van der Waals surface area (Å²) in [5.74, 6) is 0.836. The number of nitrogens with zero attached hydrogens (tertiary/aromatic N) is 2. The number of benzene rings is 1. The highest BCUT2D eigenvalue weighted by Gasteiger charge is 2.34. The first-order valence-electron chi connectivity index (χ1n) is 6.79. The number of hydrogen-bond donors (Lipinski definition) is 0. The van der Waals surface area contributed by atoms with E-state index in [1.165, 1.54) is 25.7 Å². The van der Waals surface area contributed by atoms with Crippen LogP contribution in [0.15, 0.2) is 18.2 Å². The monoisotopic (exact) mass is 324 g/mol. The Hall–Kier alpha value is -1.10. The Morgan fingerprint density at radius 1 is 1.32 bits per heavy atom. The fourth-order valence-corrected chi connectivity index (χ4v) is 2.91. The number of anilines is 1. The van der Waals surface area contributed by atoms with E-state index in [2.05, 4.69) is 20.8 Å². The summed E-state index contributed by atoms with van der Waals surface area (Å²) in [5, 5.41) is 11.5. The number of alkyl halides is 1. The molecule has 0 aliphatic heterocycles. The Morgan fingerprint density at radius 2 is 2.05 bits per heavy atom. The lowest BCUT2D eigenvalue weighted by molar-refractivity contribution is -0.385. The summed E-state index contributed by atoms with van der Waals surface area (Å²) in [6, 6.07) is 6.19. The SMILES string of the molecule is O=[N+]([O-])c1ccc(N(CC2CC2)C2CC2)cc1CBr. The van der Waals surface area contributed by atoms with E-state index in [9.17, 15) is 10.1 Å². The van der Waals surface area contributed by atoms with Gasteiger partial charge in [-0.1, -0.05) is 15.9 Å². The molecule has 102 valence electrons. The van der Waals surface area contributed by atoms with Crippen molar-refractivity contribution in [2.75, 3.05) is 11.4 Å². The first kappa shape index (κ1) is 12.9. The molecule has 0 amide bonds. The van der Waals surface area contributed by atoms with Gasteiger partial charge < -0.3 is 4.90 Å². The lowest BCUT2D eigenvalue weighted by atomic mass is 10.1. The van der Waals surface area contributed by atoms with Gasteiger partial charge in [0.15, 0.2) is 0 Å². The second-order valence-electron chi connectivity index (χ2n) is 5.53. The maximum absolute atomic E-state index is 11.0. The average molecular weight is 325 g/mol. The highest BCUT2D eigenvalue weighted by atomic mass is 79.9. The van der Waals surface area contributed by atoms with Crippen molar-refractivity contribution in [2.24, 2.45) is 5.92 Å². The zero-order valence-corrected chi connectivity index (χ0v) is 12.3. The van der Waals surface area contributed by atoms with Crippen LogP contribution in [0.1, 0.15) is 31.2 Å². The predicted octanol–water partition coefficient (Wildman–Crippen LogP) is 3.87. The average Bonchev–Trinajstić information content (AvgIpc) is 3.27. The van der Waals surface area contributed by atoms with Gasteiger partial charge in [0, 0.05) is 35.2 Å². The van der Waals surface area contributed by atoms with Crippen LogP contribution in [0.3, 0.4) is 0 Å². The molecular formula is C14H17BrN2O2. The van der Waals surface area contributed by atoms with Gasteiger partial charge in [-0.2, -0.15) is 0 Å². The lowest BCUT2D eigenvalue weighted by Crippen LogP contribution is -2.28. The smallest absolute Gasteiger partial charge is 0.273 e. The van der Waals surface area contributed by atoms with Crippen LogP contribution in [0.5, 0.6) is 0 Å². The molecule has 0 radical (unpaired) electrons. The molecule has 0 saturated heterocycles. The Bertz CT molecular complexity index is 498. The molecule has 1 aromatic rings. The van der Waals surface area contributed by atoms with Crippen molar-refractivity contribution < 1.29 is 4.92 Å². The third-order valence-electron chi connectivity index (χ3n) is 3.87. The fourth-order valence-electron chi connectivity index (χ4n) is 2.47. The molecule has 0 unspecified atom stereocenters. The van der Waals surface area contributed by atoms with Crippen LogP contribution in [0.4, 0.5) is 11.4 Å². The van der Waals surface area contributed by atoms with E-state index in [-0.39, 0.29) is 10.6 Å². The molecule has 2 aliphatic rings. The first-order chi connectivity index (χ1) is 9.19. The summed E-state index contributed by atoms with van der Waals surface area (Å²) >= 11 is 3.35. The maximum atomic E-state index is 11.0. The number of halogens is 1. The van der Waals surface area contributed by atoms with E-state index in [1.54, 1.807) is 6.07 Å². The Morgan fingerprint density at radius 3 is 2.58 bits per heavy atom. The van der Waals surface area contributed by atoms with Crippen molar-refractivity contribution >= 4 is 27.3 Å². The summed E-state index contributed by atoms with van der Waals surface area (Å²) in [6.07, 6.45) is 5.18. The van der Waals surface area contributed by atoms with Crippen LogP contribution in [0, 0.1) is 16.0 Å². The molecule has 2 aliphatic carbocycles. The number of nitro benzene ring substituents is 1. The Kier molecular flexibility index (Phi) is 3.48. The zero-order valence-electron chi connectivity index (χ0n) is 10.7. The highest BCUT2D eigenvalue weighted by Crippen LogP contribution is 2.39. The molecule has 2 saturated carbocycles. The second kappa shape index (κ2) is 5.12. The quantitative estimate of drug-likeness (QED) is 0.453. The molecule has 0 N–H and O–H groups in total. The molecule has 0 bridgehead atoms. The van der Waals surface area contributed by atoms with Crippen molar-refractivity contribution in [1.29, 1.82) is 0 Å².